The molecular weight excluding hydrogens is 184 g/mol. The molecular formula is C13H14N2. The Labute approximate surface area is 90.0 Å². The Hall–Kier alpha value is -1.75. The van der Waals surface area contributed by atoms with Gasteiger partial charge in [-0.2, -0.15) is 5.26 Å². The van der Waals surface area contributed by atoms with Crippen LogP contribution in [0.25, 0.3) is 5.57 Å². The van der Waals surface area contributed by atoms with E-state index in [-0.39, 0.29) is 0 Å². The second-order valence-electron chi connectivity index (χ2n) is 3.89. The van der Waals surface area contributed by atoms with E-state index < -0.39 is 0 Å². The van der Waals surface area contributed by atoms with E-state index in [1.807, 2.05) is 12.1 Å². The molecule has 2 N–H and O–H groups in total. The van der Waals surface area contributed by atoms with Gasteiger partial charge in [-0.15, -0.1) is 0 Å². The van der Waals surface area contributed by atoms with Crippen LogP contribution in [0.15, 0.2) is 24.3 Å². The first-order chi connectivity index (χ1) is 7.31. The number of hydrogen-bond donors (Lipinski definition) is 1. The molecule has 0 aromatic heterocycles. The van der Waals surface area contributed by atoms with Gasteiger partial charge in [-0.05, 0) is 49.5 Å². The smallest absolute Gasteiger partial charge is 0.0991 e. The summed E-state index contributed by atoms with van der Waals surface area (Å²) >= 11 is 0. The summed E-state index contributed by atoms with van der Waals surface area (Å²) in [4.78, 5) is 0. The van der Waals surface area contributed by atoms with Crippen LogP contribution in [0.4, 0.5) is 5.69 Å². The first-order valence-electron chi connectivity index (χ1n) is 5.30. The summed E-state index contributed by atoms with van der Waals surface area (Å²) in [5, 5.41) is 8.84. The number of nitriles is 1. The molecule has 0 saturated heterocycles. The normalized spacial score (nSPS) is 15.5. The summed E-state index contributed by atoms with van der Waals surface area (Å²) in [7, 11) is 0. The Morgan fingerprint density at radius 2 is 2.13 bits per heavy atom. The van der Waals surface area contributed by atoms with Gasteiger partial charge in [0.25, 0.3) is 0 Å². The number of anilines is 1. The zero-order chi connectivity index (χ0) is 10.7. The van der Waals surface area contributed by atoms with Gasteiger partial charge in [-0.25, -0.2) is 0 Å². The minimum atomic E-state index is 0.686. The summed E-state index contributed by atoms with van der Waals surface area (Å²) in [5.74, 6) is 0. The molecule has 0 unspecified atom stereocenters. The lowest BCUT2D eigenvalue weighted by atomic mass is 9.92. The third-order valence-electron chi connectivity index (χ3n) is 2.82. The van der Waals surface area contributed by atoms with Gasteiger partial charge >= 0.3 is 0 Å². The summed E-state index contributed by atoms with van der Waals surface area (Å²) in [6.45, 7) is 0. The average Bonchev–Trinajstić information content (AvgIpc) is 2.31. The quantitative estimate of drug-likeness (QED) is 0.705. The molecule has 0 amide bonds. The molecule has 2 heteroatoms. The van der Waals surface area contributed by atoms with E-state index in [2.05, 4.69) is 12.1 Å². The van der Waals surface area contributed by atoms with Gasteiger partial charge < -0.3 is 5.73 Å². The fourth-order valence-corrected chi connectivity index (χ4v) is 1.99. The number of nitrogens with two attached hydrogens (primary N) is 1. The van der Waals surface area contributed by atoms with Crippen molar-refractivity contribution in [3.8, 4) is 6.07 Å². The SMILES string of the molecule is N#Cc1ccc(N)c(C2=CCCCC2)c1. The van der Waals surface area contributed by atoms with Crippen LogP contribution < -0.4 is 5.73 Å². The van der Waals surface area contributed by atoms with Crippen LogP contribution in [0, 0.1) is 11.3 Å². The van der Waals surface area contributed by atoms with Gasteiger partial charge in [0.1, 0.15) is 0 Å². The molecule has 1 aliphatic rings. The molecule has 2 rings (SSSR count). The van der Waals surface area contributed by atoms with Crippen molar-refractivity contribution in [2.24, 2.45) is 0 Å². The standard InChI is InChI=1S/C13H14N2/c14-9-10-6-7-13(15)12(8-10)11-4-2-1-3-5-11/h4,6-8H,1-3,5,15H2. The zero-order valence-electron chi connectivity index (χ0n) is 8.66. The van der Waals surface area contributed by atoms with Gasteiger partial charge in [0, 0.05) is 11.3 Å². The maximum Gasteiger partial charge on any atom is 0.0991 e. The van der Waals surface area contributed by atoms with E-state index in [1.165, 1.54) is 18.4 Å². The molecule has 0 spiro atoms. The molecule has 0 bridgehead atoms. The van der Waals surface area contributed by atoms with Crippen LogP contribution >= 0.6 is 0 Å². The Morgan fingerprint density at radius 3 is 2.80 bits per heavy atom. The zero-order valence-corrected chi connectivity index (χ0v) is 8.66. The van der Waals surface area contributed by atoms with Gasteiger partial charge in [0.05, 0.1) is 11.6 Å². The van der Waals surface area contributed by atoms with Crippen LogP contribution in [0.3, 0.4) is 0 Å². The lowest BCUT2D eigenvalue weighted by Crippen LogP contribution is -1.97. The molecule has 15 heavy (non-hydrogen) atoms. The lowest BCUT2D eigenvalue weighted by Gasteiger charge is -2.14. The Kier molecular flexibility index (Phi) is 2.73. The largest absolute Gasteiger partial charge is 0.398 e. The van der Waals surface area contributed by atoms with E-state index in [0.717, 1.165) is 24.1 Å². The van der Waals surface area contributed by atoms with Crippen molar-refractivity contribution in [2.45, 2.75) is 25.7 Å². The van der Waals surface area contributed by atoms with E-state index in [0.29, 0.717) is 5.56 Å². The van der Waals surface area contributed by atoms with E-state index in [1.54, 1.807) is 6.07 Å². The van der Waals surface area contributed by atoms with Crippen LogP contribution in [-0.2, 0) is 0 Å². The first kappa shape index (κ1) is 9.79. The highest BCUT2D eigenvalue weighted by Crippen LogP contribution is 2.30. The molecule has 0 radical (unpaired) electrons. The molecule has 2 nitrogen and oxygen atoms in total. The molecule has 0 heterocycles. The monoisotopic (exact) mass is 198 g/mol. The molecule has 0 saturated carbocycles. The molecule has 1 aromatic carbocycles. The van der Waals surface area contributed by atoms with Gasteiger partial charge in [0.15, 0.2) is 0 Å². The Bertz CT molecular complexity index is 438. The number of benzene rings is 1. The highest BCUT2D eigenvalue weighted by atomic mass is 14.6. The van der Waals surface area contributed by atoms with Crippen LogP contribution in [0.1, 0.15) is 36.8 Å². The second kappa shape index (κ2) is 4.18. The number of nitrogen functional groups attached to an aromatic ring is 1. The molecule has 0 atom stereocenters. The second-order valence-corrected chi connectivity index (χ2v) is 3.89. The molecule has 76 valence electrons. The van der Waals surface area contributed by atoms with Crippen molar-refractivity contribution in [1.29, 1.82) is 5.26 Å². The van der Waals surface area contributed by atoms with Crippen molar-refractivity contribution in [3.05, 3.63) is 35.4 Å². The van der Waals surface area contributed by atoms with Crippen molar-refractivity contribution < 1.29 is 0 Å². The summed E-state index contributed by atoms with van der Waals surface area (Å²) in [5.41, 5.74) is 9.74. The van der Waals surface area contributed by atoms with E-state index in [4.69, 9.17) is 11.0 Å². The lowest BCUT2D eigenvalue weighted by molar-refractivity contribution is 0.742. The summed E-state index contributed by atoms with van der Waals surface area (Å²) in [6.07, 6.45) is 6.95. The Balaban J connectivity index is 2.42. The van der Waals surface area contributed by atoms with E-state index >= 15 is 0 Å². The number of rotatable bonds is 1. The van der Waals surface area contributed by atoms with Gasteiger partial charge in [-0.1, -0.05) is 6.08 Å². The first-order valence-corrected chi connectivity index (χ1v) is 5.30. The predicted octanol–water partition coefficient (Wildman–Crippen LogP) is 3.10. The van der Waals surface area contributed by atoms with Crippen molar-refractivity contribution in [2.75, 3.05) is 5.73 Å². The minimum absolute atomic E-state index is 0.686. The number of nitrogens with zero attached hydrogens (tertiary/aromatic N) is 1. The summed E-state index contributed by atoms with van der Waals surface area (Å²) in [6, 6.07) is 7.64. The van der Waals surface area contributed by atoms with E-state index in [9.17, 15) is 0 Å². The highest BCUT2D eigenvalue weighted by Gasteiger charge is 2.09. The summed E-state index contributed by atoms with van der Waals surface area (Å²) < 4.78 is 0. The Morgan fingerprint density at radius 1 is 1.27 bits per heavy atom. The number of allylic oxidation sites excluding steroid dienone is 2. The maximum atomic E-state index is 8.84. The predicted molar refractivity (Wildman–Crippen MR) is 62.0 cm³/mol. The fraction of sp³-hybridized carbons (Fsp3) is 0.308. The van der Waals surface area contributed by atoms with Gasteiger partial charge in [0.2, 0.25) is 0 Å². The van der Waals surface area contributed by atoms with Crippen molar-refractivity contribution in [3.63, 3.8) is 0 Å². The molecule has 1 aliphatic carbocycles. The number of hydrogen-bond acceptors (Lipinski definition) is 2. The van der Waals surface area contributed by atoms with Crippen LogP contribution in [0.5, 0.6) is 0 Å². The topological polar surface area (TPSA) is 49.8 Å². The van der Waals surface area contributed by atoms with Crippen LogP contribution in [-0.4, -0.2) is 0 Å². The van der Waals surface area contributed by atoms with Crippen molar-refractivity contribution >= 4 is 11.3 Å². The third kappa shape index (κ3) is 2.02. The average molecular weight is 198 g/mol. The molecule has 1 aromatic rings. The third-order valence-corrected chi connectivity index (χ3v) is 2.82. The maximum absolute atomic E-state index is 8.84. The van der Waals surface area contributed by atoms with Gasteiger partial charge in [-0.3, -0.25) is 0 Å². The molecule has 0 fully saturated rings. The van der Waals surface area contributed by atoms with Crippen LogP contribution in [0.2, 0.25) is 0 Å². The highest BCUT2D eigenvalue weighted by molar-refractivity contribution is 5.76. The molecule has 0 aliphatic heterocycles. The van der Waals surface area contributed by atoms with Crippen molar-refractivity contribution in [1.82, 2.24) is 0 Å². The minimum Gasteiger partial charge on any atom is -0.398 e. The fourth-order valence-electron chi connectivity index (χ4n) is 1.99.